The summed E-state index contributed by atoms with van der Waals surface area (Å²) in [5.74, 6) is -0.660. The van der Waals surface area contributed by atoms with Crippen LogP contribution in [0.25, 0.3) is 0 Å². The van der Waals surface area contributed by atoms with Gasteiger partial charge in [0.1, 0.15) is 0 Å². The Morgan fingerprint density at radius 1 is 1.40 bits per heavy atom. The minimum absolute atomic E-state index is 0.0229. The molecule has 1 aromatic carbocycles. The number of thioether (sulfide) groups is 1. The van der Waals surface area contributed by atoms with Gasteiger partial charge in [-0.3, -0.25) is 4.79 Å². The third-order valence-electron chi connectivity index (χ3n) is 3.07. The number of nitrogens with one attached hydrogen (secondary N) is 2. The molecule has 1 atom stereocenters. The number of rotatable bonds is 4. The van der Waals surface area contributed by atoms with Gasteiger partial charge in [0.05, 0.1) is 5.92 Å². The molecule has 1 amide bonds. The van der Waals surface area contributed by atoms with E-state index in [9.17, 15) is 18.0 Å². The minimum atomic E-state index is -4.24. The van der Waals surface area contributed by atoms with Crippen molar-refractivity contribution in [2.45, 2.75) is 17.8 Å². The highest BCUT2D eigenvalue weighted by Crippen LogP contribution is 2.32. The van der Waals surface area contributed by atoms with E-state index in [1.54, 1.807) is 0 Å². The monoisotopic (exact) mass is 304 g/mol. The molecule has 0 spiro atoms. The van der Waals surface area contributed by atoms with Crippen LogP contribution < -0.4 is 10.6 Å². The van der Waals surface area contributed by atoms with Crippen molar-refractivity contribution >= 4 is 23.4 Å². The van der Waals surface area contributed by atoms with E-state index in [2.05, 4.69) is 10.6 Å². The first-order chi connectivity index (χ1) is 9.47. The quantitative estimate of drug-likeness (QED) is 0.840. The number of anilines is 1. The van der Waals surface area contributed by atoms with Crippen LogP contribution in [-0.4, -0.2) is 30.3 Å². The third kappa shape index (κ3) is 4.06. The van der Waals surface area contributed by atoms with Gasteiger partial charge in [-0.15, -0.1) is 0 Å². The van der Waals surface area contributed by atoms with Gasteiger partial charge in [0.15, 0.2) is 0 Å². The first kappa shape index (κ1) is 15.0. The number of para-hydroxylation sites is 1. The van der Waals surface area contributed by atoms with Crippen molar-refractivity contribution in [3.8, 4) is 0 Å². The Morgan fingerprint density at radius 2 is 2.15 bits per heavy atom. The topological polar surface area (TPSA) is 41.1 Å². The second kappa shape index (κ2) is 6.39. The van der Waals surface area contributed by atoms with Gasteiger partial charge in [0.25, 0.3) is 0 Å². The maximum absolute atomic E-state index is 12.1. The molecule has 0 saturated heterocycles. The van der Waals surface area contributed by atoms with Crippen LogP contribution in [0.4, 0.5) is 18.9 Å². The molecule has 1 aliphatic rings. The smallest absolute Gasteiger partial charge is 0.385 e. The molecule has 0 saturated carbocycles. The number of carbonyl (C=O) groups is 1. The van der Waals surface area contributed by atoms with Gasteiger partial charge >= 0.3 is 5.51 Å². The van der Waals surface area contributed by atoms with Crippen molar-refractivity contribution in [3.63, 3.8) is 0 Å². The number of halogens is 3. The summed E-state index contributed by atoms with van der Waals surface area (Å²) in [5.41, 5.74) is -2.42. The Balaban J connectivity index is 1.88. The van der Waals surface area contributed by atoms with E-state index in [0.717, 1.165) is 11.3 Å². The fourth-order valence-electron chi connectivity index (χ4n) is 2.21. The van der Waals surface area contributed by atoms with Crippen molar-refractivity contribution in [1.29, 1.82) is 0 Å². The Morgan fingerprint density at radius 3 is 2.90 bits per heavy atom. The highest BCUT2D eigenvalue weighted by molar-refractivity contribution is 8.00. The van der Waals surface area contributed by atoms with Gasteiger partial charge in [-0.2, -0.15) is 13.2 Å². The first-order valence-electron chi connectivity index (χ1n) is 6.28. The molecular formula is C13H15F3N2OS. The molecule has 1 aliphatic heterocycles. The predicted octanol–water partition coefficient (Wildman–Crippen LogP) is 2.96. The van der Waals surface area contributed by atoms with Crippen LogP contribution in [0.1, 0.15) is 17.9 Å². The SMILES string of the molecule is O=C(NCCSC(F)(F)F)C1CCNc2ccccc21. The lowest BCUT2D eigenvalue weighted by molar-refractivity contribution is -0.122. The lowest BCUT2D eigenvalue weighted by atomic mass is 9.90. The summed E-state index contributed by atoms with van der Waals surface area (Å²) in [6.45, 7) is 0.710. The average Bonchev–Trinajstić information content (AvgIpc) is 2.41. The summed E-state index contributed by atoms with van der Waals surface area (Å²) in [6.07, 6.45) is 0.648. The lowest BCUT2D eigenvalue weighted by Crippen LogP contribution is -2.34. The molecule has 7 heteroatoms. The van der Waals surface area contributed by atoms with Crippen molar-refractivity contribution in [3.05, 3.63) is 29.8 Å². The molecule has 0 bridgehead atoms. The average molecular weight is 304 g/mol. The van der Waals surface area contributed by atoms with Gasteiger partial charge in [0.2, 0.25) is 5.91 Å². The zero-order valence-electron chi connectivity index (χ0n) is 10.7. The largest absolute Gasteiger partial charge is 0.441 e. The van der Waals surface area contributed by atoms with Gasteiger partial charge < -0.3 is 10.6 Å². The molecular weight excluding hydrogens is 289 g/mol. The number of amides is 1. The molecule has 0 radical (unpaired) electrons. The van der Waals surface area contributed by atoms with Crippen LogP contribution in [0.5, 0.6) is 0 Å². The Labute approximate surface area is 119 Å². The first-order valence-corrected chi connectivity index (χ1v) is 7.27. The van der Waals surface area contributed by atoms with Crippen molar-refractivity contribution in [2.75, 3.05) is 24.2 Å². The van der Waals surface area contributed by atoms with Crippen LogP contribution in [0.3, 0.4) is 0 Å². The molecule has 1 unspecified atom stereocenters. The second-order valence-electron chi connectivity index (χ2n) is 4.44. The molecule has 20 heavy (non-hydrogen) atoms. The van der Waals surface area contributed by atoms with Crippen molar-refractivity contribution in [2.24, 2.45) is 0 Å². The zero-order valence-corrected chi connectivity index (χ0v) is 11.5. The van der Waals surface area contributed by atoms with Gasteiger partial charge in [0, 0.05) is 24.5 Å². The maximum atomic E-state index is 12.1. The third-order valence-corrected chi connectivity index (χ3v) is 3.80. The van der Waals surface area contributed by atoms with Crippen LogP contribution in [0.2, 0.25) is 0 Å². The van der Waals surface area contributed by atoms with Gasteiger partial charge in [-0.05, 0) is 29.8 Å². The zero-order chi connectivity index (χ0) is 14.6. The van der Waals surface area contributed by atoms with Crippen LogP contribution in [0.15, 0.2) is 24.3 Å². The molecule has 0 fully saturated rings. The van der Waals surface area contributed by atoms with Crippen LogP contribution >= 0.6 is 11.8 Å². The van der Waals surface area contributed by atoms with Crippen molar-refractivity contribution in [1.82, 2.24) is 5.32 Å². The van der Waals surface area contributed by atoms with E-state index >= 15 is 0 Å². The number of hydrogen-bond donors (Lipinski definition) is 2. The molecule has 1 aromatic rings. The number of carbonyl (C=O) groups excluding carboxylic acids is 1. The minimum Gasteiger partial charge on any atom is -0.385 e. The molecule has 2 N–H and O–H groups in total. The van der Waals surface area contributed by atoms with E-state index < -0.39 is 5.51 Å². The summed E-state index contributed by atoms with van der Waals surface area (Å²) in [5, 5.41) is 5.78. The Bertz CT molecular complexity index is 479. The second-order valence-corrected chi connectivity index (χ2v) is 5.60. The van der Waals surface area contributed by atoms with E-state index in [0.29, 0.717) is 13.0 Å². The summed E-state index contributed by atoms with van der Waals surface area (Å²) in [6, 6.07) is 7.50. The molecule has 3 nitrogen and oxygen atoms in total. The van der Waals surface area contributed by atoms with Gasteiger partial charge in [-0.25, -0.2) is 0 Å². The molecule has 2 rings (SSSR count). The standard InChI is InChI=1S/C13H15F3N2OS/c14-13(15,16)20-8-7-18-12(19)10-5-6-17-11-4-2-1-3-9(10)11/h1-4,10,17H,5-8H2,(H,18,19). The Kier molecular flexibility index (Phi) is 4.80. The molecule has 0 aliphatic carbocycles. The normalized spacial score (nSPS) is 18.1. The van der Waals surface area contributed by atoms with Crippen molar-refractivity contribution < 1.29 is 18.0 Å². The summed E-state index contributed by atoms with van der Waals surface area (Å²) < 4.78 is 35.9. The molecule has 0 aromatic heterocycles. The molecule has 1 heterocycles. The van der Waals surface area contributed by atoms with Crippen LogP contribution in [-0.2, 0) is 4.79 Å². The van der Waals surface area contributed by atoms with E-state index in [1.165, 1.54) is 0 Å². The van der Waals surface area contributed by atoms with Crippen LogP contribution in [0, 0.1) is 0 Å². The summed E-state index contributed by atoms with van der Waals surface area (Å²) in [4.78, 5) is 12.1. The van der Waals surface area contributed by atoms with E-state index in [4.69, 9.17) is 0 Å². The van der Waals surface area contributed by atoms with E-state index in [-0.39, 0.29) is 35.9 Å². The maximum Gasteiger partial charge on any atom is 0.441 e. The summed E-state index contributed by atoms with van der Waals surface area (Å²) in [7, 11) is 0. The lowest BCUT2D eigenvalue weighted by Gasteiger charge is -2.25. The number of alkyl halides is 3. The number of hydrogen-bond acceptors (Lipinski definition) is 3. The molecule has 110 valence electrons. The Hall–Kier alpha value is -1.37. The fraction of sp³-hybridized carbons (Fsp3) is 0.462. The fourth-order valence-corrected chi connectivity index (χ4v) is 2.64. The highest BCUT2D eigenvalue weighted by Gasteiger charge is 2.28. The van der Waals surface area contributed by atoms with Gasteiger partial charge in [-0.1, -0.05) is 18.2 Å². The highest BCUT2D eigenvalue weighted by atomic mass is 32.2. The number of benzene rings is 1. The predicted molar refractivity (Wildman–Crippen MR) is 73.8 cm³/mol. The number of fused-ring (bicyclic) bond motifs is 1. The summed E-state index contributed by atoms with van der Waals surface area (Å²) >= 11 is -0.119. The van der Waals surface area contributed by atoms with E-state index in [1.807, 2.05) is 24.3 Å².